The van der Waals surface area contributed by atoms with Crippen LogP contribution in [0, 0.1) is 35.5 Å². The highest BCUT2D eigenvalue weighted by molar-refractivity contribution is 7.80. The molecule has 16 bridgehead atoms. The second-order valence-electron chi connectivity index (χ2n) is 16.6. The molecule has 4 fully saturated rings. The Bertz CT molecular complexity index is 1470. The zero-order valence-electron chi connectivity index (χ0n) is 30.7. The molecule has 0 heterocycles. The summed E-state index contributed by atoms with van der Waals surface area (Å²) in [5, 5.41) is 0. The average molecular weight is 701 g/mol. The molecule has 4 aromatic carbocycles. The largest absolute Gasteiger partial charge is 0.180 e. The Labute approximate surface area is 315 Å². The fourth-order valence-electron chi connectivity index (χ4n) is 11.1. The van der Waals surface area contributed by atoms with Crippen LogP contribution < -0.4 is 0 Å². The minimum Gasteiger partial charge on any atom is -0.180 e. The smallest absolute Gasteiger partial charge is 0.0126 e. The molecule has 0 nitrogen and oxygen atoms in total. The van der Waals surface area contributed by atoms with Gasteiger partial charge in [-0.2, -0.15) is 25.3 Å². The lowest BCUT2D eigenvalue weighted by molar-refractivity contribution is 0.122. The van der Waals surface area contributed by atoms with Crippen LogP contribution in [0.3, 0.4) is 0 Å². The van der Waals surface area contributed by atoms with Gasteiger partial charge >= 0.3 is 0 Å². The van der Waals surface area contributed by atoms with E-state index < -0.39 is 0 Å². The number of rotatable bonds is 0. The highest BCUT2D eigenvalue weighted by atomic mass is 32.1. The quantitative estimate of drug-likeness (QED) is 0.168. The van der Waals surface area contributed by atoms with Crippen LogP contribution in [0.2, 0.25) is 0 Å². The van der Waals surface area contributed by atoms with Crippen molar-refractivity contribution < 1.29 is 0 Å². The van der Waals surface area contributed by atoms with E-state index in [4.69, 9.17) is 0 Å². The number of benzene rings is 4. The molecule has 0 N–H and O–H groups in total. The van der Waals surface area contributed by atoms with Gasteiger partial charge in [-0.05, 0) is 180 Å². The summed E-state index contributed by atoms with van der Waals surface area (Å²) < 4.78 is 0. The van der Waals surface area contributed by atoms with Crippen LogP contribution in [0.4, 0.5) is 0 Å². The molecular formula is C48H60S2. The van der Waals surface area contributed by atoms with Gasteiger partial charge in [-0.25, -0.2) is 0 Å². The van der Waals surface area contributed by atoms with Gasteiger partial charge < -0.3 is 0 Å². The molecule has 4 aromatic rings. The fraction of sp³-hybridized carbons (Fsp3) is 0.500. The SMILES string of the molecule is CCS.CCS.c1cc2ccc1CC1C[C@@H]3CC(C[C@@H](C1)C3)c1ccc-2cc1.c1cc2ccc1CC1C[C@@H]3CC(C[C@@H](C1)C3)c1ccc-2cc1. The van der Waals surface area contributed by atoms with E-state index in [9.17, 15) is 0 Å². The lowest BCUT2D eigenvalue weighted by atomic mass is 9.62. The van der Waals surface area contributed by atoms with Crippen molar-refractivity contribution in [3.63, 3.8) is 0 Å². The topological polar surface area (TPSA) is 0 Å². The molecule has 0 amide bonds. The van der Waals surface area contributed by atoms with Gasteiger partial charge in [0.1, 0.15) is 0 Å². The first kappa shape index (κ1) is 36.0. The standard InChI is InChI=1S/2C22H24.2C2H6S/c2*1-3-19-4-2-15(1)9-16-10-17-12-18(11-16)14-22(13-17)21-7-5-20(19)6-8-21;2*1-2-3/h2*1-8,16-18,22H,9-14H2;2*3H,2H2,1H3/t2*16?,17-,18-,22?;;/m00../s1. The summed E-state index contributed by atoms with van der Waals surface area (Å²) in [5.41, 5.74) is 11.7. The van der Waals surface area contributed by atoms with Crippen molar-refractivity contribution in [1.29, 1.82) is 0 Å². The van der Waals surface area contributed by atoms with E-state index in [0.717, 1.165) is 58.8 Å². The zero-order chi connectivity index (χ0) is 34.5. The molecule has 0 saturated heterocycles. The Kier molecular flexibility index (Phi) is 12.2. The fourth-order valence-corrected chi connectivity index (χ4v) is 11.1. The Hall–Kier alpha value is -2.42. The summed E-state index contributed by atoms with van der Waals surface area (Å²) in [4.78, 5) is 0. The molecule has 0 aromatic heterocycles. The molecule has 22 rings (SSSR count). The third kappa shape index (κ3) is 8.78. The van der Waals surface area contributed by atoms with Gasteiger partial charge in [0.15, 0.2) is 0 Å². The maximum Gasteiger partial charge on any atom is -0.0126 e. The summed E-state index contributed by atoms with van der Waals surface area (Å²) >= 11 is 7.58. The predicted molar refractivity (Wildman–Crippen MR) is 223 cm³/mol. The minimum absolute atomic E-state index is 0.822. The Balaban J connectivity index is 0.000000136. The average Bonchev–Trinajstić information content (AvgIpc) is 3.12. The summed E-state index contributed by atoms with van der Waals surface area (Å²) in [7, 11) is 0. The van der Waals surface area contributed by atoms with E-state index in [-0.39, 0.29) is 0 Å². The van der Waals surface area contributed by atoms with Crippen molar-refractivity contribution >= 4 is 25.3 Å². The number of hydrogen-bond acceptors (Lipinski definition) is 2. The summed E-state index contributed by atoms with van der Waals surface area (Å²) in [5.74, 6) is 9.30. The monoisotopic (exact) mass is 700 g/mol. The third-order valence-corrected chi connectivity index (χ3v) is 12.9. The number of hydrogen-bond donors (Lipinski definition) is 2. The van der Waals surface area contributed by atoms with E-state index in [2.05, 4.69) is 122 Å². The van der Waals surface area contributed by atoms with Crippen molar-refractivity contribution in [3.8, 4) is 22.3 Å². The predicted octanol–water partition coefficient (Wildman–Crippen LogP) is 13.5. The Morgan fingerprint density at radius 3 is 0.880 bits per heavy atom. The van der Waals surface area contributed by atoms with Gasteiger partial charge in [0.25, 0.3) is 0 Å². The lowest BCUT2D eigenvalue weighted by Crippen LogP contribution is -2.31. The second kappa shape index (κ2) is 16.9. The van der Waals surface area contributed by atoms with Crippen LogP contribution in [0.25, 0.3) is 22.3 Å². The molecule has 0 radical (unpaired) electrons. The molecule has 2 heteroatoms. The Morgan fingerprint density at radius 1 is 0.360 bits per heavy atom. The molecular weight excluding hydrogens is 641 g/mol. The first-order valence-corrected chi connectivity index (χ1v) is 21.4. The molecule has 18 aliphatic rings. The summed E-state index contributed by atoms with van der Waals surface area (Å²) in [6.45, 7) is 3.98. The molecule has 0 aliphatic heterocycles. The maximum absolute atomic E-state index is 3.79. The van der Waals surface area contributed by atoms with Gasteiger partial charge in [0.2, 0.25) is 0 Å². The second-order valence-corrected chi connectivity index (χ2v) is 17.9. The minimum atomic E-state index is 0.822. The zero-order valence-corrected chi connectivity index (χ0v) is 32.4. The van der Waals surface area contributed by atoms with Crippen molar-refractivity contribution in [2.24, 2.45) is 35.5 Å². The highest BCUT2D eigenvalue weighted by Crippen LogP contribution is 2.50. The van der Waals surface area contributed by atoms with Gasteiger partial charge in [0, 0.05) is 0 Å². The maximum atomic E-state index is 3.79. The molecule has 50 heavy (non-hydrogen) atoms. The van der Waals surface area contributed by atoms with E-state index in [1.165, 1.54) is 99.3 Å². The Morgan fingerprint density at radius 2 is 0.600 bits per heavy atom. The molecule has 0 spiro atoms. The van der Waals surface area contributed by atoms with Gasteiger partial charge in [0.05, 0.1) is 0 Å². The molecule has 0 unspecified atom stereocenters. The van der Waals surface area contributed by atoms with E-state index in [1.807, 2.05) is 13.8 Å². The van der Waals surface area contributed by atoms with Crippen molar-refractivity contribution in [2.45, 2.75) is 103 Å². The lowest BCUT2D eigenvalue weighted by Gasteiger charge is -2.43. The number of thiol groups is 2. The van der Waals surface area contributed by atoms with Crippen molar-refractivity contribution in [1.82, 2.24) is 0 Å². The van der Waals surface area contributed by atoms with Crippen molar-refractivity contribution in [3.05, 3.63) is 119 Å². The molecule has 4 saturated carbocycles. The first-order chi connectivity index (χ1) is 24.5. The van der Waals surface area contributed by atoms with Crippen LogP contribution >= 0.6 is 25.3 Å². The third-order valence-electron chi connectivity index (χ3n) is 12.9. The molecule has 18 aliphatic carbocycles. The van der Waals surface area contributed by atoms with Crippen molar-refractivity contribution in [2.75, 3.05) is 11.5 Å². The van der Waals surface area contributed by atoms with Crippen LogP contribution in [0.15, 0.2) is 97.1 Å². The highest BCUT2D eigenvalue weighted by Gasteiger charge is 2.38. The van der Waals surface area contributed by atoms with Gasteiger partial charge in [-0.1, -0.05) is 111 Å². The van der Waals surface area contributed by atoms with Crippen LogP contribution in [0.1, 0.15) is 112 Å². The summed E-state index contributed by atoms with van der Waals surface area (Å²) in [6, 6.07) is 37.7. The first-order valence-electron chi connectivity index (χ1n) is 20.1. The molecule has 4 atom stereocenters. The van der Waals surface area contributed by atoms with E-state index >= 15 is 0 Å². The van der Waals surface area contributed by atoms with Crippen LogP contribution in [-0.2, 0) is 12.8 Å². The van der Waals surface area contributed by atoms with Crippen LogP contribution in [-0.4, -0.2) is 11.5 Å². The normalized spacial score (nSPS) is 29.2. The van der Waals surface area contributed by atoms with Crippen LogP contribution in [0.5, 0.6) is 0 Å². The summed E-state index contributed by atoms with van der Waals surface area (Å²) in [6.07, 6.45) is 17.2. The van der Waals surface area contributed by atoms with E-state index in [1.54, 1.807) is 22.3 Å². The molecule has 264 valence electrons. The van der Waals surface area contributed by atoms with E-state index in [0.29, 0.717) is 0 Å². The van der Waals surface area contributed by atoms with Gasteiger partial charge in [-0.15, -0.1) is 0 Å². The van der Waals surface area contributed by atoms with Gasteiger partial charge in [-0.3, -0.25) is 0 Å².